The van der Waals surface area contributed by atoms with Crippen LogP contribution in [0.15, 0.2) is 24.3 Å². The number of carboxylic acids is 1. The van der Waals surface area contributed by atoms with Crippen LogP contribution in [0, 0.1) is 5.92 Å². The number of rotatable bonds is 8. The molecule has 116 valence electrons. The van der Waals surface area contributed by atoms with Crippen molar-refractivity contribution in [2.45, 2.75) is 39.7 Å². The number of ether oxygens (including phenoxy) is 1. The lowest BCUT2D eigenvalue weighted by Gasteiger charge is -2.18. The number of benzene rings is 1. The predicted octanol–water partition coefficient (Wildman–Crippen LogP) is 2.24. The van der Waals surface area contributed by atoms with Crippen molar-refractivity contribution in [1.82, 2.24) is 5.32 Å². The molecule has 0 saturated heterocycles. The topological polar surface area (TPSA) is 75.6 Å². The first-order valence-corrected chi connectivity index (χ1v) is 7.18. The summed E-state index contributed by atoms with van der Waals surface area (Å²) >= 11 is 0. The first-order valence-electron chi connectivity index (χ1n) is 7.18. The Morgan fingerprint density at radius 2 is 1.86 bits per heavy atom. The minimum Gasteiger partial charge on any atom is -0.484 e. The molecule has 2 N–H and O–H groups in total. The Balaban J connectivity index is 2.47. The Morgan fingerprint density at radius 3 is 2.33 bits per heavy atom. The Hall–Kier alpha value is -2.04. The van der Waals surface area contributed by atoms with Crippen LogP contribution >= 0.6 is 0 Å². The fourth-order valence-corrected chi connectivity index (χ4v) is 1.92. The Labute approximate surface area is 125 Å². The Kier molecular flexibility index (Phi) is 6.72. The second-order valence-corrected chi connectivity index (χ2v) is 5.31. The summed E-state index contributed by atoms with van der Waals surface area (Å²) in [6.45, 7) is 5.41. The summed E-state index contributed by atoms with van der Waals surface area (Å²) in [5, 5.41) is 11.5. The number of hydrogen-bond acceptors (Lipinski definition) is 3. The maximum Gasteiger partial charge on any atom is 0.326 e. The van der Waals surface area contributed by atoms with Gasteiger partial charge in [0.2, 0.25) is 0 Å². The highest BCUT2D eigenvalue weighted by Gasteiger charge is 2.23. The maximum atomic E-state index is 11.7. The quantitative estimate of drug-likeness (QED) is 0.770. The van der Waals surface area contributed by atoms with Crippen molar-refractivity contribution in [3.05, 3.63) is 29.8 Å². The van der Waals surface area contributed by atoms with E-state index < -0.39 is 17.9 Å². The second kappa shape index (κ2) is 8.29. The summed E-state index contributed by atoms with van der Waals surface area (Å²) in [5.41, 5.74) is 1.22. The van der Waals surface area contributed by atoms with Crippen LogP contribution in [0.2, 0.25) is 0 Å². The molecule has 5 heteroatoms. The zero-order valence-electron chi connectivity index (χ0n) is 12.8. The lowest BCUT2D eigenvalue weighted by Crippen LogP contribution is -2.46. The number of aliphatic carboxylic acids is 1. The number of hydrogen-bond donors (Lipinski definition) is 2. The van der Waals surface area contributed by atoms with Crippen LogP contribution in [0.5, 0.6) is 5.75 Å². The van der Waals surface area contributed by atoms with Crippen LogP contribution in [0.3, 0.4) is 0 Å². The average Bonchev–Trinajstić information content (AvgIpc) is 2.43. The summed E-state index contributed by atoms with van der Waals surface area (Å²) in [6.07, 6.45) is 2.09. The van der Waals surface area contributed by atoms with E-state index in [1.165, 1.54) is 5.56 Å². The van der Waals surface area contributed by atoms with Crippen LogP contribution in [-0.2, 0) is 16.0 Å². The lowest BCUT2D eigenvalue weighted by atomic mass is 10.1. The molecule has 0 aliphatic carbocycles. The molecule has 1 rings (SSSR count). The first-order chi connectivity index (χ1) is 9.93. The number of aryl methyl sites for hydroxylation is 1. The second-order valence-electron chi connectivity index (χ2n) is 5.31. The SMILES string of the molecule is CCCc1ccc(OCC(=O)N[C@@H](C(=O)O)C(C)C)cc1. The van der Waals surface area contributed by atoms with Gasteiger partial charge in [-0.2, -0.15) is 0 Å². The van der Waals surface area contributed by atoms with Crippen LogP contribution in [0.25, 0.3) is 0 Å². The van der Waals surface area contributed by atoms with Crippen molar-refractivity contribution >= 4 is 11.9 Å². The molecule has 0 aromatic heterocycles. The van der Waals surface area contributed by atoms with Crippen LogP contribution < -0.4 is 10.1 Å². The van der Waals surface area contributed by atoms with E-state index in [9.17, 15) is 9.59 Å². The molecule has 21 heavy (non-hydrogen) atoms. The van der Waals surface area contributed by atoms with Gasteiger partial charge in [0.05, 0.1) is 0 Å². The molecular formula is C16H23NO4. The van der Waals surface area contributed by atoms with Crippen LogP contribution in [0.4, 0.5) is 0 Å². The van der Waals surface area contributed by atoms with Gasteiger partial charge in [-0.05, 0) is 30.0 Å². The molecule has 1 aromatic rings. The number of carbonyl (C=O) groups is 2. The predicted molar refractivity (Wildman–Crippen MR) is 80.3 cm³/mol. The molecule has 1 atom stereocenters. The van der Waals surface area contributed by atoms with Gasteiger partial charge in [0.25, 0.3) is 5.91 Å². The number of amides is 1. The minimum atomic E-state index is -1.04. The average molecular weight is 293 g/mol. The van der Waals surface area contributed by atoms with Gasteiger partial charge >= 0.3 is 5.97 Å². The molecule has 1 amide bonds. The molecule has 1 aromatic carbocycles. The molecular weight excluding hydrogens is 270 g/mol. The minimum absolute atomic E-state index is 0.181. The molecule has 5 nitrogen and oxygen atoms in total. The molecule has 0 heterocycles. The smallest absolute Gasteiger partial charge is 0.326 e. The van der Waals surface area contributed by atoms with E-state index in [1.807, 2.05) is 24.3 Å². The van der Waals surface area contributed by atoms with E-state index in [4.69, 9.17) is 9.84 Å². The van der Waals surface area contributed by atoms with Gasteiger partial charge in [-0.1, -0.05) is 39.3 Å². The van der Waals surface area contributed by atoms with E-state index in [0.717, 1.165) is 12.8 Å². The standard InChI is InChI=1S/C16H23NO4/c1-4-5-12-6-8-13(9-7-12)21-10-14(18)17-15(11(2)3)16(19)20/h6-9,11,15H,4-5,10H2,1-3H3,(H,17,18)(H,19,20)/t15-/m1/s1. The third kappa shape index (κ3) is 5.85. The van der Waals surface area contributed by atoms with Crippen molar-refractivity contribution in [3.8, 4) is 5.75 Å². The highest BCUT2D eigenvalue weighted by atomic mass is 16.5. The molecule has 0 radical (unpaired) electrons. The van der Waals surface area contributed by atoms with Gasteiger partial charge in [0.15, 0.2) is 6.61 Å². The zero-order chi connectivity index (χ0) is 15.8. The third-order valence-electron chi connectivity index (χ3n) is 3.08. The third-order valence-corrected chi connectivity index (χ3v) is 3.08. The van der Waals surface area contributed by atoms with Gasteiger partial charge < -0.3 is 15.2 Å². The zero-order valence-corrected chi connectivity index (χ0v) is 12.8. The van der Waals surface area contributed by atoms with Gasteiger partial charge in [-0.25, -0.2) is 4.79 Å². The van der Waals surface area contributed by atoms with Crippen molar-refractivity contribution < 1.29 is 19.4 Å². The van der Waals surface area contributed by atoms with Crippen LogP contribution in [-0.4, -0.2) is 29.6 Å². The van der Waals surface area contributed by atoms with Crippen LogP contribution in [0.1, 0.15) is 32.8 Å². The summed E-state index contributed by atoms with van der Waals surface area (Å²) in [6, 6.07) is 6.66. The lowest BCUT2D eigenvalue weighted by molar-refractivity contribution is -0.143. The first kappa shape index (κ1) is 17.0. The largest absolute Gasteiger partial charge is 0.484 e. The Morgan fingerprint density at radius 1 is 1.24 bits per heavy atom. The number of carbonyl (C=O) groups excluding carboxylic acids is 1. The molecule has 0 bridgehead atoms. The Bertz CT molecular complexity index is 468. The van der Waals surface area contributed by atoms with Gasteiger partial charge in [-0.3, -0.25) is 4.79 Å². The summed E-state index contributed by atoms with van der Waals surface area (Å²) in [7, 11) is 0. The van der Waals surface area contributed by atoms with E-state index in [-0.39, 0.29) is 12.5 Å². The molecule has 0 spiro atoms. The van der Waals surface area contributed by atoms with E-state index in [2.05, 4.69) is 12.2 Å². The van der Waals surface area contributed by atoms with E-state index >= 15 is 0 Å². The van der Waals surface area contributed by atoms with Crippen molar-refractivity contribution in [2.75, 3.05) is 6.61 Å². The molecule has 0 saturated carbocycles. The monoisotopic (exact) mass is 293 g/mol. The number of carboxylic acid groups (broad SMARTS) is 1. The molecule has 0 aliphatic heterocycles. The van der Waals surface area contributed by atoms with E-state index in [0.29, 0.717) is 5.75 Å². The fraction of sp³-hybridized carbons (Fsp3) is 0.500. The highest BCUT2D eigenvalue weighted by molar-refractivity contribution is 5.84. The fourth-order valence-electron chi connectivity index (χ4n) is 1.92. The molecule has 0 fully saturated rings. The maximum absolute atomic E-state index is 11.7. The van der Waals surface area contributed by atoms with Gasteiger partial charge in [0, 0.05) is 0 Å². The molecule has 0 aliphatic rings. The summed E-state index contributed by atoms with van der Waals surface area (Å²) < 4.78 is 5.36. The summed E-state index contributed by atoms with van der Waals surface area (Å²) in [5.74, 6) is -1.06. The van der Waals surface area contributed by atoms with Gasteiger partial charge in [0.1, 0.15) is 11.8 Å². The summed E-state index contributed by atoms with van der Waals surface area (Å²) in [4.78, 5) is 22.7. The van der Waals surface area contributed by atoms with Gasteiger partial charge in [-0.15, -0.1) is 0 Å². The van der Waals surface area contributed by atoms with Crippen molar-refractivity contribution in [1.29, 1.82) is 0 Å². The molecule has 0 unspecified atom stereocenters. The number of nitrogens with one attached hydrogen (secondary N) is 1. The highest BCUT2D eigenvalue weighted by Crippen LogP contribution is 2.13. The van der Waals surface area contributed by atoms with E-state index in [1.54, 1.807) is 13.8 Å². The van der Waals surface area contributed by atoms with Crippen molar-refractivity contribution in [3.63, 3.8) is 0 Å². The van der Waals surface area contributed by atoms with Crippen molar-refractivity contribution in [2.24, 2.45) is 5.92 Å². The normalized spacial score (nSPS) is 12.0.